The van der Waals surface area contributed by atoms with E-state index in [4.69, 9.17) is 0 Å². The first kappa shape index (κ1) is 19.7. The number of aromatic amines is 1. The van der Waals surface area contributed by atoms with Gasteiger partial charge in [0.1, 0.15) is 5.69 Å². The third-order valence-electron chi connectivity index (χ3n) is 6.86. The van der Waals surface area contributed by atoms with Gasteiger partial charge in [-0.3, -0.25) is 19.1 Å². The van der Waals surface area contributed by atoms with Crippen LogP contribution >= 0.6 is 0 Å². The van der Waals surface area contributed by atoms with Gasteiger partial charge in [-0.15, -0.1) is 0 Å². The maximum absolute atomic E-state index is 13.1. The number of hydrogen-bond acceptors (Lipinski definition) is 4. The number of ketones is 1. The number of H-pyrrole nitrogens is 1. The molecule has 7 heteroatoms. The molecule has 1 aromatic carbocycles. The summed E-state index contributed by atoms with van der Waals surface area (Å²) in [6.07, 6.45) is 6.44. The van der Waals surface area contributed by atoms with Gasteiger partial charge < -0.3 is 9.88 Å². The van der Waals surface area contributed by atoms with Crippen molar-refractivity contribution in [1.82, 2.24) is 19.7 Å². The number of nitrogens with one attached hydrogen (secondary N) is 1. The molecule has 1 amide bonds. The molecule has 5 rings (SSSR count). The van der Waals surface area contributed by atoms with Gasteiger partial charge in [0.15, 0.2) is 5.78 Å². The molecule has 0 unspecified atom stereocenters. The largest absolute Gasteiger partial charge is 0.339 e. The highest BCUT2D eigenvalue weighted by molar-refractivity contribution is 5.99. The van der Waals surface area contributed by atoms with E-state index in [0.29, 0.717) is 30.5 Å². The van der Waals surface area contributed by atoms with Gasteiger partial charge in [-0.25, -0.2) is 0 Å². The second-order valence-electron chi connectivity index (χ2n) is 9.23. The first-order chi connectivity index (χ1) is 14.9. The summed E-state index contributed by atoms with van der Waals surface area (Å²) in [7, 11) is 0. The van der Waals surface area contributed by atoms with Crippen LogP contribution in [0, 0.1) is 5.41 Å². The number of Topliss-reactive ketones (excluding diaryl/α,β-unsaturated/α-hetero) is 1. The van der Waals surface area contributed by atoms with E-state index in [1.54, 1.807) is 30.5 Å². The summed E-state index contributed by atoms with van der Waals surface area (Å²) in [5, 5.41) is 5.79. The lowest BCUT2D eigenvalue weighted by Crippen LogP contribution is -2.46. The fourth-order valence-corrected chi connectivity index (χ4v) is 5.16. The number of fused-ring (bicyclic) bond motifs is 2. The molecule has 0 radical (unpaired) electrons. The van der Waals surface area contributed by atoms with Crippen LogP contribution in [0.2, 0.25) is 0 Å². The lowest BCUT2D eigenvalue weighted by Gasteiger charge is -2.43. The van der Waals surface area contributed by atoms with E-state index in [-0.39, 0.29) is 28.7 Å². The van der Waals surface area contributed by atoms with Crippen LogP contribution in [0.3, 0.4) is 0 Å². The number of aromatic nitrogens is 3. The highest BCUT2D eigenvalue weighted by atomic mass is 16.2. The van der Waals surface area contributed by atoms with E-state index in [1.807, 2.05) is 29.6 Å². The van der Waals surface area contributed by atoms with Crippen LogP contribution < -0.4 is 5.56 Å². The zero-order valence-corrected chi connectivity index (χ0v) is 17.9. The highest BCUT2D eigenvalue weighted by Crippen LogP contribution is 2.44. The minimum atomic E-state index is -0.154. The number of pyridine rings is 1. The second-order valence-corrected chi connectivity index (χ2v) is 9.23. The molecule has 1 saturated heterocycles. The van der Waals surface area contributed by atoms with Crippen molar-refractivity contribution in [2.45, 2.75) is 45.6 Å². The molecule has 2 aliphatic rings. The Morgan fingerprint density at radius 1 is 1.13 bits per heavy atom. The monoisotopic (exact) mass is 418 g/mol. The molecule has 1 aliphatic carbocycles. The summed E-state index contributed by atoms with van der Waals surface area (Å²) >= 11 is 0. The Kier molecular flexibility index (Phi) is 4.57. The number of carbonyl (C=O) groups is 2. The van der Waals surface area contributed by atoms with Gasteiger partial charge in [-0.1, -0.05) is 0 Å². The van der Waals surface area contributed by atoms with Crippen LogP contribution in [0.5, 0.6) is 0 Å². The molecular weight excluding hydrogens is 392 g/mol. The fourth-order valence-electron chi connectivity index (χ4n) is 5.16. The van der Waals surface area contributed by atoms with Gasteiger partial charge >= 0.3 is 0 Å². The molecule has 0 atom stereocenters. The molecule has 1 fully saturated rings. The predicted molar refractivity (Wildman–Crippen MR) is 117 cm³/mol. The van der Waals surface area contributed by atoms with Gasteiger partial charge in [-0.05, 0) is 68.2 Å². The molecule has 160 valence electrons. The standard InChI is InChI=1S/C24H26N4O3/c1-15(2)28-21-18(14-26-28)12-24(13-20(21)29)6-9-27(10-7-24)23(31)17-3-4-19-16(11-17)5-8-25-22(19)30/h3-5,8,11,14-15H,6-7,9-10,12-13H2,1-2H3,(H,25,30). The van der Waals surface area contributed by atoms with Crippen LogP contribution in [-0.2, 0) is 6.42 Å². The third-order valence-corrected chi connectivity index (χ3v) is 6.86. The summed E-state index contributed by atoms with van der Waals surface area (Å²) < 4.78 is 1.84. The van der Waals surface area contributed by atoms with Crippen molar-refractivity contribution in [3.05, 3.63) is 63.8 Å². The minimum Gasteiger partial charge on any atom is -0.339 e. The molecule has 3 heterocycles. The number of benzene rings is 1. The number of hydrogen-bond donors (Lipinski definition) is 1. The van der Waals surface area contributed by atoms with Crippen molar-refractivity contribution in [2.24, 2.45) is 5.41 Å². The van der Waals surface area contributed by atoms with Gasteiger partial charge in [0.2, 0.25) is 0 Å². The van der Waals surface area contributed by atoms with E-state index >= 15 is 0 Å². The molecule has 0 saturated carbocycles. The lowest BCUT2D eigenvalue weighted by atomic mass is 9.67. The van der Waals surface area contributed by atoms with E-state index in [9.17, 15) is 14.4 Å². The van der Waals surface area contributed by atoms with Gasteiger partial charge in [0.25, 0.3) is 11.5 Å². The van der Waals surface area contributed by atoms with Gasteiger partial charge in [0, 0.05) is 48.3 Å². The van der Waals surface area contributed by atoms with Crippen LogP contribution in [0.1, 0.15) is 65.6 Å². The smallest absolute Gasteiger partial charge is 0.255 e. The third kappa shape index (κ3) is 3.28. The number of amides is 1. The van der Waals surface area contributed by atoms with Crippen LogP contribution in [0.4, 0.5) is 0 Å². The maximum atomic E-state index is 13.1. The molecule has 2 aromatic heterocycles. The summed E-state index contributed by atoms with van der Waals surface area (Å²) in [6.45, 7) is 5.34. The summed E-state index contributed by atoms with van der Waals surface area (Å²) in [5.74, 6) is 0.152. The Hall–Kier alpha value is -3.22. The first-order valence-electron chi connectivity index (χ1n) is 10.9. The Morgan fingerprint density at radius 2 is 1.90 bits per heavy atom. The summed E-state index contributed by atoms with van der Waals surface area (Å²) in [6, 6.07) is 7.19. The zero-order valence-electron chi connectivity index (χ0n) is 17.9. The van der Waals surface area contributed by atoms with Crippen molar-refractivity contribution >= 4 is 22.5 Å². The van der Waals surface area contributed by atoms with Gasteiger partial charge in [-0.2, -0.15) is 5.10 Å². The van der Waals surface area contributed by atoms with Crippen LogP contribution in [0.15, 0.2) is 41.5 Å². The molecule has 0 bridgehead atoms. The minimum absolute atomic E-state index is 0.0208. The van der Waals surface area contributed by atoms with Crippen LogP contribution in [-0.4, -0.2) is 44.4 Å². The quantitative estimate of drug-likeness (QED) is 0.691. The molecule has 7 nitrogen and oxygen atoms in total. The summed E-state index contributed by atoms with van der Waals surface area (Å²) in [5.41, 5.74) is 2.17. The molecule has 1 N–H and O–H groups in total. The normalized spacial score (nSPS) is 18.0. The number of piperidine rings is 1. The number of likely N-dealkylation sites (tertiary alicyclic amines) is 1. The van der Waals surface area contributed by atoms with Crippen LogP contribution in [0.25, 0.3) is 10.8 Å². The topological polar surface area (TPSA) is 88.1 Å². The van der Waals surface area contributed by atoms with Crippen molar-refractivity contribution in [3.63, 3.8) is 0 Å². The molecule has 1 aliphatic heterocycles. The second kappa shape index (κ2) is 7.18. The van der Waals surface area contributed by atoms with Crippen molar-refractivity contribution in [3.8, 4) is 0 Å². The molecule has 1 spiro atoms. The predicted octanol–water partition coefficient (Wildman–Crippen LogP) is 3.36. The number of nitrogens with zero attached hydrogens (tertiary/aromatic N) is 3. The van der Waals surface area contributed by atoms with E-state index in [1.165, 1.54) is 0 Å². The Balaban J connectivity index is 1.33. The van der Waals surface area contributed by atoms with Crippen molar-refractivity contribution < 1.29 is 9.59 Å². The maximum Gasteiger partial charge on any atom is 0.255 e. The SMILES string of the molecule is CC(C)n1ncc2c1C(=O)CC1(CCN(C(=O)c3ccc4c(=O)[nH]ccc4c3)CC1)C2. The Bertz CT molecular complexity index is 1250. The Morgan fingerprint density at radius 3 is 2.65 bits per heavy atom. The van der Waals surface area contributed by atoms with Crippen molar-refractivity contribution in [1.29, 1.82) is 0 Å². The highest BCUT2D eigenvalue weighted by Gasteiger charge is 2.43. The molecule has 31 heavy (non-hydrogen) atoms. The number of rotatable bonds is 2. The average molecular weight is 418 g/mol. The number of carbonyl (C=O) groups excluding carboxylic acids is 2. The summed E-state index contributed by atoms with van der Waals surface area (Å²) in [4.78, 5) is 42.5. The Labute approximate surface area is 180 Å². The molecule has 3 aromatic rings. The van der Waals surface area contributed by atoms with E-state index in [2.05, 4.69) is 10.1 Å². The average Bonchev–Trinajstić information content (AvgIpc) is 3.18. The lowest BCUT2D eigenvalue weighted by molar-refractivity contribution is 0.0517. The van der Waals surface area contributed by atoms with E-state index in [0.717, 1.165) is 35.9 Å². The zero-order chi connectivity index (χ0) is 21.8. The molecular formula is C24H26N4O3. The van der Waals surface area contributed by atoms with E-state index < -0.39 is 0 Å². The fraction of sp³-hybridized carbons (Fsp3) is 0.417. The van der Waals surface area contributed by atoms with Gasteiger partial charge in [0.05, 0.1) is 6.20 Å². The van der Waals surface area contributed by atoms with Crippen molar-refractivity contribution in [2.75, 3.05) is 13.1 Å². The first-order valence-corrected chi connectivity index (χ1v) is 10.9.